The van der Waals surface area contributed by atoms with Gasteiger partial charge in [0.05, 0.1) is 12.7 Å². The summed E-state index contributed by atoms with van der Waals surface area (Å²) in [7, 11) is -4.79. The fourth-order valence-electron chi connectivity index (χ4n) is 5.60. The molecule has 3 N–H and O–H groups in total. The minimum Gasteiger partial charge on any atom is -0.462 e. The number of phosphoric acid groups is 1. The molecule has 0 aromatic carbocycles. The second-order valence-electron chi connectivity index (χ2n) is 14.1. The van der Waals surface area contributed by atoms with Gasteiger partial charge in [-0.25, -0.2) is 4.57 Å². The Morgan fingerprint density at radius 3 is 1.75 bits per heavy atom. The monoisotopic (exact) mass is 793 g/mol. The number of allylic oxidation sites excluding steroid dienone is 10. The molecule has 316 valence electrons. The Bertz CT molecular complexity index is 1140. The number of hydrogen-bond acceptors (Lipinski definition) is 7. The van der Waals surface area contributed by atoms with E-state index in [4.69, 9.17) is 19.3 Å². The lowest BCUT2D eigenvalue weighted by Crippen LogP contribution is -2.29. The molecule has 0 heterocycles. The SMILES string of the molecule is CC/C=C\C/C=C\CC(O)/C=C/C=C\C/C=C\CCCC(=O)OC[C@H](COP(=O)(O)O)OC(=O)CCCCCCCCCCC/C=C\CCCCCCCC. The zero-order valence-electron chi connectivity index (χ0n) is 34.4. The topological polar surface area (TPSA) is 140 Å². The Balaban J connectivity index is 4.06. The molecule has 0 saturated carbocycles. The quantitative estimate of drug-likeness (QED) is 0.0183. The van der Waals surface area contributed by atoms with Crippen LogP contribution in [0.5, 0.6) is 0 Å². The summed E-state index contributed by atoms with van der Waals surface area (Å²) >= 11 is 0. The molecule has 0 aromatic heterocycles. The molecular weight excluding hydrogens is 715 g/mol. The summed E-state index contributed by atoms with van der Waals surface area (Å²) in [4.78, 5) is 42.9. The summed E-state index contributed by atoms with van der Waals surface area (Å²) in [6.07, 6.45) is 48.0. The van der Waals surface area contributed by atoms with Crippen molar-refractivity contribution in [1.29, 1.82) is 0 Å². The zero-order chi connectivity index (χ0) is 40.5. The number of aliphatic hydroxyl groups is 1. The van der Waals surface area contributed by atoms with Crippen LogP contribution in [0.2, 0.25) is 0 Å². The zero-order valence-corrected chi connectivity index (χ0v) is 35.3. The first kappa shape index (κ1) is 52.5. The van der Waals surface area contributed by atoms with Gasteiger partial charge in [0.25, 0.3) is 0 Å². The highest BCUT2D eigenvalue weighted by Crippen LogP contribution is 2.36. The summed E-state index contributed by atoms with van der Waals surface area (Å²) in [5.41, 5.74) is 0. The van der Waals surface area contributed by atoms with Crippen molar-refractivity contribution in [1.82, 2.24) is 0 Å². The van der Waals surface area contributed by atoms with Crippen LogP contribution < -0.4 is 0 Å². The lowest BCUT2D eigenvalue weighted by Gasteiger charge is -2.18. The van der Waals surface area contributed by atoms with Gasteiger partial charge in [0, 0.05) is 12.8 Å². The van der Waals surface area contributed by atoms with Crippen molar-refractivity contribution in [3.63, 3.8) is 0 Å². The van der Waals surface area contributed by atoms with Crippen molar-refractivity contribution < 1.29 is 43.0 Å². The molecule has 1 unspecified atom stereocenters. The van der Waals surface area contributed by atoms with Crippen LogP contribution >= 0.6 is 7.82 Å². The normalized spacial score (nSPS) is 13.8. The third-order valence-corrected chi connectivity index (χ3v) is 9.27. The number of phosphoric ester groups is 1. The number of unbranched alkanes of at least 4 members (excludes halogenated alkanes) is 16. The lowest BCUT2D eigenvalue weighted by molar-refractivity contribution is -0.161. The van der Waals surface area contributed by atoms with Gasteiger partial charge in [0.15, 0.2) is 6.10 Å². The number of esters is 2. The standard InChI is InChI=1S/C45H77O9P/c1-3-5-7-9-11-12-13-14-15-16-17-18-19-20-21-22-27-31-35-39-45(48)54-43(41-53-55(49,50)51)40-52-44(47)38-34-30-26-24-23-25-29-33-37-42(46)36-32-28-10-8-6-4-2/h6,8,14-15,24-26,28-29,32-33,37,42-43,46H,3-5,7,9-13,16-23,27,30-31,34-36,38-41H2,1-2H3,(H2,49,50,51)/b8-6-,15-14-,26-24-,29-25-,32-28-,37-33+/t42?,43-/m1/s1. The third-order valence-electron chi connectivity index (χ3n) is 8.79. The van der Waals surface area contributed by atoms with E-state index >= 15 is 0 Å². The molecule has 0 fully saturated rings. The molecule has 0 rings (SSSR count). The number of hydrogen-bond donors (Lipinski definition) is 3. The highest BCUT2D eigenvalue weighted by Gasteiger charge is 2.22. The van der Waals surface area contributed by atoms with Crippen LogP contribution in [0.15, 0.2) is 72.9 Å². The molecule has 0 bridgehead atoms. The number of ether oxygens (including phenoxy) is 2. The molecule has 0 amide bonds. The van der Waals surface area contributed by atoms with Gasteiger partial charge in [0.2, 0.25) is 0 Å². The molecule has 0 aromatic rings. The van der Waals surface area contributed by atoms with E-state index in [2.05, 4.69) is 42.7 Å². The van der Waals surface area contributed by atoms with Gasteiger partial charge in [-0.3, -0.25) is 14.1 Å². The van der Waals surface area contributed by atoms with Crippen molar-refractivity contribution >= 4 is 19.8 Å². The maximum absolute atomic E-state index is 12.4. The summed E-state index contributed by atoms with van der Waals surface area (Å²) < 4.78 is 26.3. The van der Waals surface area contributed by atoms with E-state index in [1.807, 2.05) is 42.5 Å². The second-order valence-corrected chi connectivity index (χ2v) is 15.4. The number of rotatable bonds is 38. The van der Waals surface area contributed by atoms with Gasteiger partial charge >= 0.3 is 19.8 Å². The highest BCUT2D eigenvalue weighted by atomic mass is 31.2. The molecular formula is C45H77O9P. The average Bonchev–Trinajstić information content (AvgIpc) is 3.15. The van der Waals surface area contributed by atoms with E-state index in [-0.39, 0.29) is 19.4 Å². The molecule has 0 spiro atoms. The predicted molar refractivity (Wildman–Crippen MR) is 226 cm³/mol. The van der Waals surface area contributed by atoms with Crippen molar-refractivity contribution in [3.8, 4) is 0 Å². The van der Waals surface area contributed by atoms with Gasteiger partial charge in [-0.15, -0.1) is 0 Å². The minimum atomic E-state index is -4.79. The van der Waals surface area contributed by atoms with Crippen LogP contribution in [0.1, 0.15) is 174 Å². The van der Waals surface area contributed by atoms with Gasteiger partial charge < -0.3 is 24.4 Å². The fraction of sp³-hybridized carbons (Fsp3) is 0.689. The number of carbonyl (C=O) groups is 2. The molecule has 0 radical (unpaired) electrons. The number of carbonyl (C=O) groups excluding carboxylic acids is 2. The van der Waals surface area contributed by atoms with Crippen LogP contribution in [0, 0.1) is 0 Å². The lowest BCUT2D eigenvalue weighted by atomic mass is 10.1. The summed E-state index contributed by atoms with van der Waals surface area (Å²) in [5.74, 6) is -0.998. The number of aliphatic hydroxyl groups excluding tert-OH is 1. The van der Waals surface area contributed by atoms with E-state index in [1.165, 1.54) is 83.5 Å². The Kier molecular flexibility index (Phi) is 37.8. The van der Waals surface area contributed by atoms with E-state index in [0.29, 0.717) is 25.7 Å². The molecule has 10 heteroatoms. The predicted octanol–water partition coefficient (Wildman–Crippen LogP) is 12.0. The van der Waals surface area contributed by atoms with Crippen LogP contribution in [-0.4, -0.2) is 52.3 Å². The Hall–Kier alpha value is -2.55. The third kappa shape index (κ3) is 42.4. The maximum atomic E-state index is 12.4. The van der Waals surface area contributed by atoms with E-state index in [1.54, 1.807) is 6.08 Å². The first-order valence-electron chi connectivity index (χ1n) is 21.3. The van der Waals surface area contributed by atoms with Gasteiger partial charge in [-0.2, -0.15) is 0 Å². The van der Waals surface area contributed by atoms with Crippen molar-refractivity contribution in [3.05, 3.63) is 72.9 Å². The maximum Gasteiger partial charge on any atom is 0.469 e. The van der Waals surface area contributed by atoms with E-state index < -0.39 is 38.6 Å². The molecule has 2 atom stereocenters. The summed E-state index contributed by atoms with van der Waals surface area (Å²) in [5, 5.41) is 9.98. The van der Waals surface area contributed by atoms with Crippen LogP contribution in [-0.2, 0) is 28.2 Å². The van der Waals surface area contributed by atoms with Crippen LogP contribution in [0.25, 0.3) is 0 Å². The van der Waals surface area contributed by atoms with Gasteiger partial charge in [0.1, 0.15) is 6.61 Å². The van der Waals surface area contributed by atoms with E-state index in [0.717, 1.165) is 38.5 Å². The Morgan fingerprint density at radius 1 is 0.582 bits per heavy atom. The summed E-state index contributed by atoms with van der Waals surface area (Å²) in [6, 6.07) is 0. The largest absolute Gasteiger partial charge is 0.469 e. The van der Waals surface area contributed by atoms with E-state index in [9.17, 15) is 19.3 Å². The molecule has 9 nitrogen and oxygen atoms in total. The Morgan fingerprint density at radius 2 is 1.11 bits per heavy atom. The van der Waals surface area contributed by atoms with Crippen molar-refractivity contribution in [2.75, 3.05) is 13.2 Å². The van der Waals surface area contributed by atoms with Crippen LogP contribution in [0.3, 0.4) is 0 Å². The molecule has 0 aliphatic carbocycles. The highest BCUT2D eigenvalue weighted by molar-refractivity contribution is 7.46. The first-order chi connectivity index (χ1) is 26.7. The van der Waals surface area contributed by atoms with Gasteiger partial charge in [-0.1, -0.05) is 164 Å². The molecule has 0 saturated heterocycles. The van der Waals surface area contributed by atoms with Crippen molar-refractivity contribution in [2.24, 2.45) is 0 Å². The van der Waals surface area contributed by atoms with Gasteiger partial charge in [-0.05, 0) is 70.6 Å². The minimum absolute atomic E-state index is 0.154. The molecule has 0 aliphatic heterocycles. The van der Waals surface area contributed by atoms with Crippen molar-refractivity contribution in [2.45, 2.75) is 187 Å². The summed E-state index contributed by atoms with van der Waals surface area (Å²) in [6.45, 7) is 3.44. The smallest absolute Gasteiger partial charge is 0.462 e. The molecule has 0 aliphatic rings. The van der Waals surface area contributed by atoms with Crippen LogP contribution in [0.4, 0.5) is 0 Å². The Labute approximate surface area is 334 Å². The average molecular weight is 793 g/mol. The molecule has 55 heavy (non-hydrogen) atoms. The second kappa shape index (κ2) is 39.7. The fourth-order valence-corrected chi connectivity index (χ4v) is 5.97. The first-order valence-corrected chi connectivity index (χ1v) is 22.9.